The molecule has 1 N–H and O–H groups in total. The molecule has 3 atom stereocenters. The number of ether oxygens (including phenoxy) is 1. The molecule has 5 heteroatoms. The molecule has 26 heavy (non-hydrogen) atoms. The first-order valence-corrected chi connectivity index (χ1v) is 12.6. The standard InChI is InChI=1S/C21H35NO3Si/c1-16-12-13-18(25-26(5,6)21(2,3)4)14-19(16)22-20(23)24-15-17-10-8-7-9-11-17/h7-11,16,18-19H,12-15H2,1-6H3,(H,22,23)/t16-,18+,19-/m0/s1. The molecule has 1 aliphatic rings. The molecule has 146 valence electrons. The fourth-order valence-electron chi connectivity index (χ4n) is 3.10. The van der Waals surface area contributed by atoms with Crippen LogP contribution in [0.5, 0.6) is 0 Å². The number of alkyl carbamates (subject to hydrolysis) is 1. The van der Waals surface area contributed by atoms with Crippen LogP contribution in [0.4, 0.5) is 4.79 Å². The van der Waals surface area contributed by atoms with Crippen molar-refractivity contribution in [3.63, 3.8) is 0 Å². The summed E-state index contributed by atoms with van der Waals surface area (Å²) in [6.45, 7) is 13.9. The third-order valence-electron chi connectivity index (χ3n) is 5.93. The Morgan fingerprint density at radius 3 is 2.46 bits per heavy atom. The third-order valence-corrected chi connectivity index (χ3v) is 10.5. The van der Waals surface area contributed by atoms with Gasteiger partial charge in [-0.2, -0.15) is 0 Å². The van der Waals surface area contributed by atoms with Crippen molar-refractivity contribution in [3.8, 4) is 0 Å². The van der Waals surface area contributed by atoms with Gasteiger partial charge >= 0.3 is 6.09 Å². The van der Waals surface area contributed by atoms with Gasteiger partial charge in [-0.25, -0.2) is 4.79 Å². The highest BCUT2D eigenvalue weighted by molar-refractivity contribution is 6.74. The second-order valence-electron chi connectivity index (χ2n) is 9.10. The van der Waals surface area contributed by atoms with E-state index >= 15 is 0 Å². The third kappa shape index (κ3) is 5.85. The minimum Gasteiger partial charge on any atom is -0.445 e. The highest BCUT2D eigenvalue weighted by Gasteiger charge is 2.41. The van der Waals surface area contributed by atoms with Crippen molar-refractivity contribution in [2.75, 3.05) is 0 Å². The predicted octanol–water partition coefficient (Wildman–Crippen LogP) is 5.49. The number of carbonyl (C=O) groups is 1. The van der Waals surface area contributed by atoms with Gasteiger partial charge in [0.1, 0.15) is 6.61 Å². The summed E-state index contributed by atoms with van der Waals surface area (Å²) in [6.07, 6.45) is 2.91. The molecule has 0 aliphatic heterocycles. The molecule has 0 spiro atoms. The summed E-state index contributed by atoms with van der Waals surface area (Å²) in [5, 5.41) is 3.27. The number of carbonyl (C=O) groups excluding carboxylic acids is 1. The SMILES string of the molecule is C[C@H]1CC[C@@H](O[Si](C)(C)C(C)(C)C)C[C@@H]1NC(=O)OCc1ccccc1. The minimum absolute atomic E-state index is 0.113. The molecular weight excluding hydrogens is 342 g/mol. The van der Waals surface area contributed by atoms with Gasteiger partial charge in [0, 0.05) is 12.1 Å². The van der Waals surface area contributed by atoms with Crippen molar-refractivity contribution in [1.29, 1.82) is 0 Å². The molecule has 1 saturated carbocycles. The summed E-state index contributed by atoms with van der Waals surface area (Å²) in [5.41, 5.74) is 0.999. The molecule has 4 nitrogen and oxygen atoms in total. The average Bonchev–Trinajstić information content (AvgIpc) is 2.56. The Kier molecular flexibility index (Phi) is 6.91. The first kappa shape index (κ1) is 21.0. The fraction of sp³-hybridized carbons (Fsp3) is 0.667. The summed E-state index contributed by atoms with van der Waals surface area (Å²) < 4.78 is 12.0. The van der Waals surface area contributed by atoms with Gasteiger partial charge in [-0.3, -0.25) is 0 Å². The summed E-state index contributed by atoms with van der Waals surface area (Å²) in [6, 6.07) is 9.88. The maximum absolute atomic E-state index is 12.2. The second-order valence-corrected chi connectivity index (χ2v) is 13.9. The molecule has 0 saturated heterocycles. The fourth-order valence-corrected chi connectivity index (χ4v) is 4.50. The molecule has 0 heterocycles. The van der Waals surface area contributed by atoms with Gasteiger partial charge in [0.2, 0.25) is 0 Å². The van der Waals surface area contributed by atoms with Crippen LogP contribution >= 0.6 is 0 Å². The smallest absolute Gasteiger partial charge is 0.407 e. The normalized spacial score (nSPS) is 24.2. The zero-order chi connectivity index (χ0) is 19.4. The van der Waals surface area contributed by atoms with Gasteiger partial charge in [0.25, 0.3) is 0 Å². The van der Waals surface area contributed by atoms with E-state index in [1.54, 1.807) is 0 Å². The molecule has 0 radical (unpaired) electrons. The summed E-state index contributed by atoms with van der Waals surface area (Å²) in [4.78, 5) is 12.2. The Labute approximate surface area is 159 Å². The molecule has 0 aromatic heterocycles. The molecule has 1 aromatic carbocycles. The van der Waals surface area contributed by atoms with Crippen molar-refractivity contribution >= 4 is 14.4 Å². The maximum atomic E-state index is 12.2. The van der Waals surface area contributed by atoms with E-state index in [0.717, 1.165) is 24.8 Å². The topological polar surface area (TPSA) is 47.6 Å². The maximum Gasteiger partial charge on any atom is 0.407 e. The Balaban J connectivity index is 1.86. The summed E-state index contributed by atoms with van der Waals surface area (Å²) in [5.74, 6) is 0.443. The van der Waals surface area contributed by atoms with E-state index in [0.29, 0.717) is 12.5 Å². The molecule has 0 bridgehead atoms. The van der Waals surface area contributed by atoms with Crippen LogP contribution in [0.3, 0.4) is 0 Å². The average molecular weight is 378 g/mol. The highest BCUT2D eigenvalue weighted by atomic mass is 28.4. The van der Waals surface area contributed by atoms with E-state index in [-0.39, 0.29) is 23.3 Å². The van der Waals surface area contributed by atoms with Crippen LogP contribution in [0.15, 0.2) is 30.3 Å². The first-order chi connectivity index (χ1) is 12.1. The lowest BCUT2D eigenvalue weighted by Gasteiger charge is -2.43. The van der Waals surface area contributed by atoms with E-state index in [9.17, 15) is 4.79 Å². The van der Waals surface area contributed by atoms with Gasteiger partial charge in [-0.15, -0.1) is 0 Å². The molecule has 1 aliphatic carbocycles. The number of hydrogen-bond acceptors (Lipinski definition) is 3. The van der Waals surface area contributed by atoms with Crippen LogP contribution in [-0.4, -0.2) is 26.6 Å². The first-order valence-electron chi connectivity index (χ1n) is 9.73. The van der Waals surface area contributed by atoms with Gasteiger partial charge in [-0.05, 0) is 48.9 Å². The Hall–Kier alpha value is -1.33. The van der Waals surface area contributed by atoms with Gasteiger partial charge in [0.15, 0.2) is 8.32 Å². The second kappa shape index (κ2) is 8.57. The molecule has 1 aromatic rings. The minimum atomic E-state index is -1.79. The zero-order valence-electron chi connectivity index (χ0n) is 17.2. The van der Waals surface area contributed by atoms with Gasteiger partial charge in [-0.1, -0.05) is 58.0 Å². The van der Waals surface area contributed by atoms with Gasteiger partial charge in [0.05, 0.1) is 0 Å². The molecule has 1 fully saturated rings. The predicted molar refractivity (Wildman–Crippen MR) is 109 cm³/mol. The molecule has 1 amide bonds. The zero-order valence-corrected chi connectivity index (χ0v) is 18.2. The lowest BCUT2D eigenvalue weighted by Crippen LogP contribution is -2.49. The number of rotatable bonds is 5. The van der Waals surface area contributed by atoms with E-state index in [1.807, 2.05) is 30.3 Å². The van der Waals surface area contributed by atoms with Crippen LogP contribution in [-0.2, 0) is 15.8 Å². The number of nitrogens with one attached hydrogen (secondary N) is 1. The molecule has 0 unspecified atom stereocenters. The highest BCUT2D eigenvalue weighted by Crippen LogP contribution is 2.39. The Bertz CT molecular complexity index is 583. The van der Waals surface area contributed by atoms with Gasteiger partial charge < -0.3 is 14.5 Å². The lowest BCUT2D eigenvalue weighted by molar-refractivity contribution is 0.0859. The summed E-state index contributed by atoms with van der Waals surface area (Å²) >= 11 is 0. The van der Waals surface area contributed by atoms with E-state index in [4.69, 9.17) is 9.16 Å². The van der Waals surface area contributed by atoms with Crippen LogP contribution in [0, 0.1) is 5.92 Å². The largest absolute Gasteiger partial charge is 0.445 e. The number of benzene rings is 1. The van der Waals surface area contributed by atoms with E-state index < -0.39 is 8.32 Å². The van der Waals surface area contributed by atoms with Crippen molar-refractivity contribution in [2.45, 2.75) is 83.8 Å². The van der Waals surface area contributed by atoms with Crippen LogP contribution in [0.2, 0.25) is 18.1 Å². The van der Waals surface area contributed by atoms with Crippen molar-refractivity contribution < 1.29 is 14.0 Å². The summed E-state index contributed by atoms with van der Waals surface area (Å²) in [7, 11) is -1.79. The molecular formula is C21H35NO3Si. The monoisotopic (exact) mass is 377 g/mol. The lowest BCUT2D eigenvalue weighted by atomic mass is 9.84. The Morgan fingerprint density at radius 1 is 1.19 bits per heavy atom. The number of hydrogen-bond donors (Lipinski definition) is 1. The Morgan fingerprint density at radius 2 is 1.85 bits per heavy atom. The quantitative estimate of drug-likeness (QED) is 0.690. The van der Waals surface area contributed by atoms with E-state index in [1.165, 1.54) is 0 Å². The van der Waals surface area contributed by atoms with Crippen LogP contribution in [0.1, 0.15) is 52.5 Å². The van der Waals surface area contributed by atoms with E-state index in [2.05, 4.69) is 46.1 Å². The van der Waals surface area contributed by atoms with Crippen molar-refractivity contribution in [1.82, 2.24) is 5.32 Å². The number of amides is 1. The van der Waals surface area contributed by atoms with Crippen molar-refractivity contribution in [2.24, 2.45) is 5.92 Å². The van der Waals surface area contributed by atoms with Crippen LogP contribution in [0.25, 0.3) is 0 Å². The van der Waals surface area contributed by atoms with Crippen LogP contribution < -0.4 is 5.32 Å². The van der Waals surface area contributed by atoms with Crippen molar-refractivity contribution in [3.05, 3.63) is 35.9 Å². The molecule has 2 rings (SSSR count).